The van der Waals surface area contributed by atoms with Crippen LogP contribution in [0.4, 0.5) is 0 Å². The van der Waals surface area contributed by atoms with Gasteiger partial charge in [-0.15, -0.1) is 0 Å². The summed E-state index contributed by atoms with van der Waals surface area (Å²) >= 11 is 0. The van der Waals surface area contributed by atoms with Crippen molar-refractivity contribution in [3.05, 3.63) is 24.2 Å². The molecule has 0 aliphatic rings. The highest BCUT2D eigenvalue weighted by molar-refractivity contribution is 5.94. The minimum absolute atomic E-state index is 0.117. The van der Waals surface area contributed by atoms with Crippen LogP contribution in [0.5, 0.6) is 0 Å². The lowest BCUT2D eigenvalue weighted by Crippen LogP contribution is -2.38. The van der Waals surface area contributed by atoms with Gasteiger partial charge >= 0.3 is 5.97 Å². The maximum Gasteiger partial charge on any atom is 0.305 e. The SMILES string of the molecule is COC(=O)CCCN(C)C(=O)CNC(=O)c1ccco1. The lowest BCUT2D eigenvalue weighted by Gasteiger charge is -2.16. The number of ether oxygens (including phenoxy) is 1. The van der Waals surface area contributed by atoms with Crippen LogP contribution >= 0.6 is 0 Å². The van der Waals surface area contributed by atoms with E-state index in [1.807, 2.05) is 0 Å². The van der Waals surface area contributed by atoms with Gasteiger partial charge in [0.2, 0.25) is 5.91 Å². The van der Waals surface area contributed by atoms with Gasteiger partial charge in [0.05, 0.1) is 19.9 Å². The van der Waals surface area contributed by atoms with E-state index >= 15 is 0 Å². The summed E-state index contributed by atoms with van der Waals surface area (Å²) in [5, 5.41) is 2.46. The standard InChI is InChI=1S/C13H18N2O5/c1-15(7-3-6-12(17)19-2)11(16)9-14-13(18)10-5-4-8-20-10/h4-5,8H,3,6-7,9H2,1-2H3,(H,14,18). The van der Waals surface area contributed by atoms with E-state index in [1.165, 1.54) is 24.3 Å². The maximum atomic E-state index is 11.7. The minimum Gasteiger partial charge on any atom is -0.469 e. The molecule has 0 saturated carbocycles. The van der Waals surface area contributed by atoms with Gasteiger partial charge in [-0.25, -0.2) is 0 Å². The van der Waals surface area contributed by atoms with Crippen LogP contribution in [0.25, 0.3) is 0 Å². The first-order valence-corrected chi connectivity index (χ1v) is 6.17. The molecule has 1 N–H and O–H groups in total. The van der Waals surface area contributed by atoms with Gasteiger partial charge in [-0.05, 0) is 18.6 Å². The Morgan fingerprint density at radius 1 is 1.40 bits per heavy atom. The van der Waals surface area contributed by atoms with Crippen LogP contribution < -0.4 is 5.32 Å². The molecule has 1 aromatic heterocycles. The number of carbonyl (C=O) groups excluding carboxylic acids is 3. The molecule has 0 unspecified atom stereocenters. The molecule has 0 saturated heterocycles. The molecule has 7 heteroatoms. The Morgan fingerprint density at radius 3 is 2.75 bits per heavy atom. The third-order valence-electron chi connectivity index (χ3n) is 2.67. The number of amides is 2. The third-order valence-corrected chi connectivity index (χ3v) is 2.67. The number of hydrogen-bond donors (Lipinski definition) is 1. The second-order valence-electron chi connectivity index (χ2n) is 4.15. The maximum absolute atomic E-state index is 11.7. The minimum atomic E-state index is -0.439. The van der Waals surface area contributed by atoms with Crippen molar-refractivity contribution in [3.63, 3.8) is 0 Å². The predicted molar refractivity (Wildman–Crippen MR) is 69.9 cm³/mol. The van der Waals surface area contributed by atoms with Gasteiger partial charge in [0.1, 0.15) is 0 Å². The molecule has 0 atom stereocenters. The van der Waals surface area contributed by atoms with Crippen LogP contribution in [0.3, 0.4) is 0 Å². The predicted octanol–water partition coefficient (Wildman–Crippen LogP) is 0.421. The van der Waals surface area contributed by atoms with Crippen molar-refractivity contribution < 1.29 is 23.5 Å². The van der Waals surface area contributed by atoms with Crippen molar-refractivity contribution in [2.24, 2.45) is 0 Å². The second-order valence-corrected chi connectivity index (χ2v) is 4.15. The van der Waals surface area contributed by atoms with E-state index in [-0.39, 0.29) is 30.6 Å². The van der Waals surface area contributed by atoms with Gasteiger partial charge in [-0.2, -0.15) is 0 Å². The van der Waals surface area contributed by atoms with Gasteiger partial charge in [0, 0.05) is 20.0 Å². The average molecular weight is 282 g/mol. The van der Waals surface area contributed by atoms with Gasteiger partial charge < -0.3 is 19.4 Å². The fourth-order valence-electron chi connectivity index (χ4n) is 1.47. The van der Waals surface area contributed by atoms with Crippen LogP contribution in [0.15, 0.2) is 22.8 Å². The Labute approximate surface area is 116 Å². The number of nitrogens with one attached hydrogen (secondary N) is 1. The first-order chi connectivity index (χ1) is 9.54. The number of rotatable bonds is 7. The lowest BCUT2D eigenvalue weighted by atomic mass is 10.3. The molecular weight excluding hydrogens is 264 g/mol. The van der Waals surface area contributed by atoms with Crippen molar-refractivity contribution in [2.45, 2.75) is 12.8 Å². The normalized spacial score (nSPS) is 9.90. The van der Waals surface area contributed by atoms with E-state index in [0.717, 1.165) is 0 Å². The second kappa shape index (κ2) is 7.98. The summed E-state index contributed by atoms with van der Waals surface area (Å²) in [5.41, 5.74) is 0. The van der Waals surface area contributed by atoms with Gasteiger partial charge in [-0.1, -0.05) is 0 Å². The van der Waals surface area contributed by atoms with Crippen LogP contribution in [-0.2, 0) is 14.3 Å². The summed E-state index contributed by atoms with van der Waals surface area (Å²) in [6.45, 7) is 0.304. The summed E-state index contributed by atoms with van der Waals surface area (Å²) in [4.78, 5) is 35.6. The van der Waals surface area contributed by atoms with Crippen LogP contribution in [0.1, 0.15) is 23.4 Å². The molecule has 1 aromatic rings. The smallest absolute Gasteiger partial charge is 0.305 e. The van der Waals surface area contributed by atoms with Crippen molar-refractivity contribution in [1.29, 1.82) is 0 Å². The summed E-state index contributed by atoms with van der Waals surface area (Å²) in [6, 6.07) is 3.11. The molecule has 0 aliphatic carbocycles. The Bertz CT molecular complexity index is 455. The first kappa shape index (κ1) is 15.7. The summed E-state index contributed by atoms with van der Waals surface area (Å²) in [5.74, 6) is -0.829. The third kappa shape index (κ3) is 5.13. The molecular formula is C13H18N2O5. The fourth-order valence-corrected chi connectivity index (χ4v) is 1.47. The summed E-state index contributed by atoms with van der Waals surface area (Å²) in [6.07, 6.45) is 2.16. The summed E-state index contributed by atoms with van der Waals surface area (Å²) in [7, 11) is 2.93. The number of esters is 1. The number of hydrogen-bond acceptors (Lipinski definition) is 5. The van der Waals surface area contributed by atoms with E-state index in [0.29, 0.717) is 13.0 Å². The molecule has 0 bridgehead atoms. The fraction of sp³-hybridized carbons (Fsp3) is 0.462. The zero-order valence-electron chi connectivity index (χ0n) is 11.5. The molecule has 7 nitrogen and oxygen atoms in total. The molecule has 1 rings (SSSR count). The molecule has 2 amide bonds. The zero-order chi connectivity index (χ0) is 15.0. The highest BCUT2D eigenvalue weighted by atomic mass is 16.5. The number of furan rings is 1. The van der Waals surface area contributed by atoms with E-state index in [1.54, 1.807) is 13.1 Å². The van der Waals surface area contributed by atoms with E-state index in [9.17, 15) is 14.4 Å². The molecule has 0 radical (unpaired) electrons. The van der Waals surface area contributed by atoms with E-state index in [4.69, 9.17) is 4.42 Å². The van der Waals surface area contributed by atoms with Crippen LogP contribution in [0.2, 0.25) is 0 Å². The Morgan fingerprint density at radius 2 is 2.15 bits per heavy atom. The molecule has 20 heavy (non-hydrogen) atoms. The average Bonchev–Trinajstić information content (AvgIpc) is 2.98. The molecule has 110 valence electrons. The van der Waals surface area contributed by atoms with Gasteiger partial charge in [-0.3, -0.25) is 14.4 Å². The van der Waals surface area contributed by atoms with Crippen LogP contribution in [-0.4, -0.2) is 49.9 Å². The van der Waals surface area contributed by atoms with Crippen LogP contribution in [0, 0.1) is 0 Å². The topological polar surface area (TPSA) is 88.9 Å². The molecule has 1 heterocycles. The van der Waals surface area contributed by atoms with Crippen molar-refractivity contribution >= 4 is 17.8 Å². The van der Waals surface area contributed by atoms with Crippen molar-refractivity contribution in [3.8, 4) is 0 Å². The van der Waals surface area contributed by atoms with Gasteiger partial charge in [0.25, 0.3) is 5.91 Å². The first-order valence-electron chi connectivity index (χ1n) is 6.17. The molecule has 0 aromatic carbocycles. The van der Waals surface area contributed by atoms with Crippen molar-refractivity contribution in [1.82, 2.24) is 10.2 Å². The Hall–Kier alpha value is -2.31. The molecule has 0 fully saturated rings. The van der Waals surface area contributed by atoms with E-state index in [2.05, 4.69) is 10.1 Å². The van der Waals surface area contributed by atoms with E-state index < -0.39 is 5.91 Å². The van der Waals surface area contributed by atoms with Crippen molar-refractivity contribution in [2.75, 3.05) is 27.2 Å². The monoisotopic (exact) mass is 282 g/mol. The van der Waals surface area contributed by atoms with Gasteiger partial charge in [0.15, 0.2) is 5.76 Å². The number of methoxy groups -OCH3 is 1. The highest BCUT2D eigenvalue weighted by Gasteiger charge is 2.13. The summed E-state index contributed by atoms with van der Waals surface area (Å²) < 4.78 is 9.41. The Kier molecular flexibility index (Phi) is 6.28. The zero-order valence-corrected chi connectivity index (χ0v) is 11.5. The number of nitrogens with zero attached hydrogens (tertiary/aromatic N) is 1. The largest absolute Gasteiger partial charge is 0.469 e. The quantitative estimate of drug-likeness (QED) is 0.732. The molecule has 0 aliphatic heterocycles. The number of likely N-dealkylation sites (N-methyl/N-ethyl adjacent to an activating group) is 1. The number of carbonyl (C=O) groups is 3. The Balaban J connectivity index is 2.24. The lowest BCUT2D eigenvalue weighted by molar-refractivity contribution is -0.141. The highest BCUT2D eigenvalue weighted by Crippen LogP contribution is 1.99. The molecule has 0 spiro atoms.